The van der Waals surface area contributed by atoms with Crippen molar-refractivity contribution in [1.29, 1.82) is 0 Å². The standard InChI is InChI=1S/C38H41FN8O7/c1-20-28(18-25-24-17-22(39)7-8-26(24)43-34(25)50)42-21(2)32(20)36(52)40-11-4-12-45-13-15-46(16-14-45)31(49)19-41-27-6-3-5-23-33(27)38(54)47(37(23)53)29-9-10-30(48)44-35(29)51/h3,5-8,17-18,21,29,32,41-42H,4,9-16,19H2,1-2H3,(H,40,52)(H,43,50)(H,44,48,51)/b25-18-. The third-order valence-corrected chi connectivity index (χ3v) is 10.7. The van der Waals surface area contributed by atoms with E-state index in [0.29, 0.717) is 67.4 Å². The van der Waals surface area contributed by atoms with E-state index in [-0.39, 0.29) is 54.3 Å². The normalized spacial score (nSPS) is 23.4. The maximum atomic E-state index is 13.9. The molecule has 15 nitrogen and oxygen atoms in total. The molecular formula is C38H41FN8O7. The second-order valence-corrected chi connectivity index (χ2v) is 14.1. The van der Waals surface area contributed by atoms with Crippen molar-refractivity contribution in [3.63, 3.8) is 0 Å². The Hall–Kier alpha value is -5.90. The Morgan fingerprint density at radius 2 is 1.76 bits per heavy atom. The third kappa shape index (κ3) is 6.96. The van der Waals surface area contributed by atoms with Gasteiger partial charge in [-0.15, -0.1) is 0 Å². The Kier molecular flexibility index (Phi) is 10.0. The number of amides is 7. The number of nitrogens with zero attached hydrogens (tertiary/aromatic N) is 3. The van der Waals surface area contributed by atoms with Crippen molar-refractivity contribution in [3.8, 4) is 0 Å². The number of imide groups is 2. The minimum Gasteiger partial charge on any atom is -0.381 e. The van der Waals surface area contributed by atoms with Gasteiger partial charge in [0.05, 0.1) is 29.2 Å². The van der Waals surface area contributed by atoms with Gasteiger partial charge in [-0.05, 0) is 75.2 Å². The van der Waals surface area contributed by atoms with Gasteiger partial charge in [0.2, 0.25) is 23.6 Å². The Balaban J connectivity index is 0.855. The summed E-state index contributed by atoms with van der Waals surface area (Å²) < 4.78 is 13.9. The average Bonchev–Trinajstić information content (AvgIpc) is 3.71. The molecule has 5 aliphatic heterocycles. The van der Waals surface area contributed by atoms with E-state index < -0.39 is 41.4 Å². The highest BCUT2D eigenvalue weighted by atomic mass is 19.1. The summed E-state index contributed by atoms with van der Waals surface area (Å²) in [6.45, 7) is 7.17. The van der Waals surface area contributed by atoms with Crippen LogP contribution in [0, 0.1) is 11.7 Å². The molecule has 0 radical (unpaired) electrons. The van der Waals surface area contributed by atoms with Crippen LogP contribution in [-0.2, 0) is 24.0 Å². The first-order valence-electron chi connectivity index (χ1n) is 18.1. The maximum absolute atomic E-state index is 13.9. The van der Waals surface area contributed by atoms with Crippen LogP contribution in [0.5, 0.6) is 0 Å². The van der Waals surface area contributed by atoms with Gasteiger partial charge >= 0.3 is 0 Å². The number of fused-ring (bicyclic) bond motifs is 2. The number of piperazine rings is 1. The number of allylic oxidation sites excluding steroid dienone is 1. The quantitative estimate of drug-likeness (QED) is 0.135. The second-order valence-electron chi connectivity index (χ2n) is 14.1. The summed E-state index contributed by atoms with van der Waals surface area (Å²) in [7, 11) is 0. The summed E-state index contributed by atoms with van der Waals surface area (Å²) >= 11 is 0. The molecule has 2 aromatic rings. The molecule has 0 spiro atoms. The van der Waals surface area contributed by atoms with Gasteiger partial charge in [-0.3, -0.25) is 48.7 Å². The molecular weight excluding hydrogens is 699 g/mol. The van der Waals surface area contributed by atoms with Crippen LogP contribution >= 0.6 is 0 Å². The van der Waals surface area contributed by atoms with Crippen molar-refractivity contribution < 1.29 is 38.0 Å². The van der Waals surface area contributed by atoms with Crippen LogP contribution in [0.3, 0.4) is 0 Å². The fourth-order valence-electron chi connectivity index (χ4n) is 7.80. The monoisotopic (exact) mass is 740 g/mol. The molecule has 2 aromatic carbocycles. The van der Waals surface area contributed by atoms with Gasteiger partial charge in [0.25, 0.3) is 17.7 Å². The lowest BCUT2D eigenvalue weighted by Crippen LogP contribution is -2.54. The van der Waals surface area contributed by atoms with Gasteiger partial charge in [0.15, 0.2) is 0 Å². The predicted molar refractivity (Wildman–Crippen MR) is 194 cm³/mol. The van der Waals surface area contributed by atoms with E-state index in [1.807, 2.05) is 13.8 Å². The molecule has 7 rings (SSSR count). The predicted octanol–water partition coefficient (Wildman–Crippen LogP) is 1.21. The van der Waals surface area contributed by atoms with Crippen LogP contribution in [0.2, 0.25) is 0 Å². The van der Waals surface area contributed by atoms with Crippen LogP contribution in [-0.4, -0.2) is 114 Å². The zero-order valence-electron chi connectivity index (χ0n) is 29.9. The van der Waals surface area contributed by atoms with Crippen LogP contribution in [0.4, 0.5) is 15.8 Å². The molecule has 0 aliphatic carbocycles. The lowest BCUT2D eigenvalue weighted by atomic mass is 9.95. The maximum Gasteiger partial charge on any atom is 0.264 e. The topological polar surface area (TPSA) is 189 Å². The summed E-state index contributed by atoms with van der Waals surface area (Å²) in [4.78, 5) is 94.3. The summed E-state index contributed by atoms with van der Waals surface area (Å²) in [6.07, 6.45) is 2.46. The molecule has 2 saturated heterocycles. The molecule has 3 atom stereocenters. The lowest BCUT2D eigenvalue weighted by Gasteiger charge is -2.35. The van der Waals surface area contributed by atoms with Crippen LogP contribution in [0.1, 0.15) is 59.4 Å². The van der Waals surface area contributed by atoms with E-state index in [9.17, 15) is 38.0 Å². The van der Waals surface area contributed by atoms with Gasteiger partial charge in [-0.1, -0.05) is 6.07 Å². The Labute approximate surface area is 310 Å². The van der Waals surface area contributed by atoms with E-state index >= 15 is 0 Å². The number of benzene rings is 2. The summed E-state index contributed by atoms with van der Waals surface area (Å²) in [5.41, 5.74) is 3.39. The number of hydrogen-bond donors (Lipinski definition) is 5. The molecule has 2 fully saturated rings. The number of nitrogens with one attached hydrogen (secondary N) is 5. The number of carbonyl (C=O) groups excluding carboxylic acids is 7. The van der Waals surface area contributed by atoms with E-state index in [2.05, 4.69) is 31.5 Å². The van der Waals surface area contributed by atoms with Gasteiger partial charge < -0.3 is 26.2 Å². The molecule has 7 amide bonds. The molecule has 0 saturated carbocycles. The fraction of sp³-hybridized carbons (Fsp3) is 0.395. The Morgan fingerprint density at radius 1 is 0.981 bits per heavy atom. The summed E-state index contributed by atoms with van der Waals surface area (Å²) in [5.74, 6) is -3.88. The van der Waals surface area contributed by atoms with Crippen molar-refractivity contribution in [2.45, 2.75) is 45.2 Å². The number of carbonyl (C=O) groups is 7. The highest BCUT2D eigenvalue weighted by Gasteiger charge is 2.45. The zero-order valence-corrected chi connectivity index (χ0v) is 29.9. The zero-order chi connectivity index (χ0) is 38.3. The molecule has 282 valence electrons. The minimum absolute atomic E-state index is 0.0226. The molecule has 0 aromatic heterocycles. The average molecular weight is 741 g/mol. The van der Waals surface area contributed by atoms with Crippen LogP contribution in [0.25, 0.3) is 5.57 Å². The van der Waals surface area contributed by atoms with Gasteiger partial charge in [-0.2, -0.15) is 0 Å². The van der Waals surface area contributed by atoms with Crippen molar-refractivity contribution in [2.75, 3.05) is 56.4 Å². The van der Waals surface area contributed by atoms with E-state index in [1.165, 1.54) is 24.3 Å². The lowest BCUT2D eigenvalue weighted by molar-refractivity contribution is -0.136. The summed E-state index contributed by atoms with van der Waals surface area (Å²) in [6, 6.07) is 7.57. The fourth-order valence-corrected chi connectivity index (χ4v) is 7.80. The van der Waals surface area contributed by atoms with Gasteiger partial charge in [-0.25, -0.2) is 4.39 Å². The van der Waals surface area contributed by atoms with E-state index in [4.69, 9.17) is 0 Å². The Bertz CT molecular complexity index is 2040. The van der Waals surface area contributed by atoms with Crippen molar-refractivity contribution in [1.82, 2.24) is 30.7 Å². The molecule has 5 N–H and O–H groups in total. The number of rotatable bonds is 10. The number of hydrogen-bond acceptors (Lipinski definition) is 10. The SMILES string of the molecule is CC1=C(/C=C2\C(=O)Nc3ccc(F)cc32)NC(C)C1C(=O)NCCCN1CCN(C(=O)CNc2cccc3c2C(=O)N(C2CCC(=O)NC2=O)C3=O)CC1. The molecule has 5 aliphatic rings. The first kappa shape index (κ1) is 36.5. The van der Waals surface area contributed by atoms with Gasteiger partial charge in [0.1, 0.15) is 11.9 Å². The second kappa shape index (κ2) is 14.9. The van der Waals surface area contributed by atoms with E-state index in [1.54, 1.807) is 23.1 Å². The van der Waals surface area contributed by atoms with Crippen LogP contribution in [0.15, 0.2) is 53.7 Å². The van der Waals surface area contributed by atoms with Crippen molar-refractivity contribution >= 4 is 58.3 Å². The molecule has 0 bridgehead atoms. The van der Waals surface area contributed by atoms with Crippen molar-refractivity contribution in [3.05, 3.63) is 76.3 Å². The van der Waals surface area contributed by atoms with Crippen molar-refractivity contribution in [2.24, 2.45) is 5.92 Å². The number of piperidine rings is 1. The highest BCUT2D eigenvalue weighted by Crippen LogP contribution is 2.36. The van der Waals surface area contributed by atoms with Gasteiger partial charge in [0, 0.05) is 67.8 Å². The third-order valence-electron chi connectivity index (χ3n) is 10.7. The number of anilines is 2. The molecule has 54 heavy (non-hydrogen) atoms. The Morgan fingerprint density at radius 3 is 2.52 bits per heavy atom. The summed E-state index contributed by atoms with van der Waals surface area (Å²) in [5, 5.41) is 14.3. The molecule has 3 unspecified atom stereocenters. The van der Waals surface area contributed by atoms with E-state index in [0.717, 1.165) is 17.0 Å². The van der Waals surface area contributed by atoms with Crippen LogP contribution < -0.4 is 26.6 Å². The number of halogens is 1. The highest BCUT2D eigenvalue weighted by molar-refractivity contribution is 6.32. The first-order chi connectivity index (χ1) is 25.9. The minimum atomic E-state index is -1.08. The smallest absolute Gasteiger partial charge is 0.264 e. The molecule has 5 heterocycles. The first-order valence-corrected chi connectivity index (χ1v) is 18.1. The largest absolute Gasteiger partial charge is 0.381 e. The molecule has 16 heteroatoms.